The predicted octanol–water partition coefficient (Wildman–Crippen LogP) is 4.67. The van der Waals surface area contributed by atoms with Gasteiger partial charge in [0.2, 0.25) is 0 Å². The van der Waals surface area contributed by atoms with Crippen LogP contribution in [0.5, 0.6) is 0 Å². The van der Waals surface area contributed by atoms with E-state index in [0.717, 1.165) is 0 Å². The molecule has 1 heteroatoms. The fraction of sp³-hybridized carbons (Fsp3) is 0.176. The van der Waals surface area contributed by atoms with Crippen LogP contribution in [0.15, 0.2) is 48.0 Å². The van der Waals surface area contributed by atoms with Crippen LogP contribution in [0.3, 0.4) is 0 Å². The zero-order valence-electron chi connectivity index (χ0n) is 10.7. The van der Waals surface area contributed by atoms with Crippen molar-refractivity contribution >= 4 is 6.08 Å². The molecule has 3 rings (SSSR count). The van der Waals surface area contributed by atoms with Crippen molar-refractivity contribution in [3.8, 4) is 11.1 Å². The molecule has 0 radical (unpaired) electrons. The van der Waals surface area contributed by atoms with Crippen molar-refractivity contribution in [2.45, 2.75) is 17.5 Å². The van der Waals surface area contributed by atoms with Gasteiger partial charge in [-0.3, -0.25) is 0 Å². The van der Waals surface area contributed by atoms with Crippen LogP contribution < -0.4 is 0 Å². The second kappa shape index (κ2) is 4.63. The fourth-order valence-electron chi connectivity index (χ4n) is 2.64. The number of hydrogen-bond acceptors (Lipinski definition) is 0. The fourth-order valence-corrected chi connectivity index (χ4v) is 3.43. The monoisotopic (exact) mass is 309 g/mol. The Kier molecular flexibility index (Phi) is 3.11. The number of allylic oxidation sites excluding steroid dienone is 1. The average molecular weight is 311 g/mol. The number of hydrogen-bond donors (Lipinski definition) is 0. The molecule has 0 saturated carbocycles. The third-order valence-electron chi connectivity index (χ3n) is 3.58. The van der Waals surface area contributed by atoms with E-state index in [2.05, 4.69) is 62.4 Å². The maximum atomic E-state index is 2.37. The second-order valence-corrected chi connectivity index (χ2v) is 6.42. The molecule has 18 heavy (non-hydrogen) atoms. The molecule has 0 fully saturated rings. The average Bonchev–Trinajstić information content (AvgIpc) is 2.66. The molecule has 0 N–H and O–H groups in total. The van der Waals surface area contributed by atoms with E-state index in [1.165, 1.54) is 33.4 Å². The van der Waals surface area contributed by atoms with Crippen LogP contribution in [-0.2, 0) is 24.7 Å². The van der Waals surface area contributed by atoms with Crippen LogP contribution >= 0.6 is 0 Å². The first kappa shape index (κ1) is 12.1. The first-order valence-electron chi connectivity index (χ1n) is 6.26. The van der Waals surface area contributed by atoms with Crippen molar-refractivity contribution < 1.29 is 24.7 Å². The normalized spacial score (nSPS) is 17.4. The first-order valence-corrected chi connectivity index (χ1v) is 7.68. The van der Waals surface area contributed by atoms with Gasteiger partial charge < -0.3 is 0 Å². The Morgan fingerprint density at radius 3 is 2.44 bits per heavy atom. The Morgan fingerprint density at radius 1 is 1.00 bits per heavy atom. The van der Waals surface area contributed by atoms with Gasteiger partial charge in [-0.2, -0.15) is 0 Å². The molecule has 0 spiro atoms. The molecule has 0 aromatic heterocycles. The Bertz CT molecular complexity index is 624. The molecular formula is C17H15Zr. The van der Waals surface area contributed by atoms with E-state index in [1.807, 2.05) is 0 Å². The van der Waals surface area contributed by atoms with Crippen LogP contribution in [0.2, 0.25) is 0 Å². The van der Waals surface area contributed by atoms with Crippen molar-refractivity contribution in [1.82, 2.24) is 0 Å². The molecule has 2 aromatic carbocycles. The van der Waals surface area contributed by atoms with Gasteiger partial charge in [0.05, 0.1) is 0 Å². The Balaban J connectivity index is 2.26. The number of fused-ring (bicyclic) bond motifs is 1. The summed E-state index contributed by atoms with van der Waals surface area (Å²) in [5.41, 5.74) is 8.53. The molecule has 0 nitrogen and oxygen atoms in total. The van der Waals surface area contributed by atoms with Crippen LogP contribution in [0.4, 0.5) is 0 Å². The van der Waals surface area contributed by atoms with E-state index in [-0.39, 0.29) is 0 Å². The summed E-state index contributed by atoms with van der Waals surface area (Å²) < 4.78 is 0.648. The molecule has 1 atom stereocenters. The van der Waals surface area contributed by atoms with Crippen LogP contribution in [-0.4, -0.2) is 0 Å². The third kappa shape index (κ3) is 1.95. The summed E-state index contributed by atoms with van der Waals surface area (Å²) in [6, 6.07) is 15.4. The summed E-state index contributed by atoms with van der Waals surface area (Å²) in [5.74, 6) is 0. The van der Waals surface area contributed by atoms with Gasteiger partial charge in [-0.1, -0.05) is 0 Å². The third-order valence-corrected chi connectivity index (χ3v) is 5.46. The van der Waals surface area contributed by atoms with Crippen molar-refractivity contribution in [2.24, 2.45) is 0 Å². The van der Waals surface area contributed by atoms with Gasteiger partial charge in [-0.05, 0) is 0 Å². The molecule has 1 aliphatic rings. The summed E-state index contributed by atoms with van der Waals surface area (Å²) in [4.78, 5) is 0. The molecule has 0 aliphatic heterocycles. The van der Waals surface area contributed by atoms with Gasteiger partial charge in [-0.15, -0.1) is 0 Å². The summed E-state index contributed by atoms with van der Waals surface area (Å²) in [7, 11) is 0. The van der Waals surface area contributed by atoms with E-state index < -0.39 is 0 Å². The number of rotatable bonds is 1. The van der Waals surface area contributed by atoms with Crippen molar-refractivity contribution in [1.29, 1.82) is 0 Å². The van der Waals surface area contributed by atoms with Gasteiger partial charge in [-0.25, -0.2) is 0 Å². The standard InChI is InChI=1S/C17H15.Zr/c1-12-8-15-9-13(2)11-17(15)16(10-12)14-6-4-3-5-7-14;/h3-11H,1-2H3;. The predicted molar refractivity (Wildman–Crippen MR) is 73.0 cm³/mol. The van der Waals surface area contributed by atoms with Crippen LogP contribution in [0, 0.1) is 6.92 Å². The Morgan fingerprint density at radius 2 is 1.72 bits per heavy atom. The van der Waals surface area contributed by atoms with Gasteiger partial charge in [0, 0.05) is 0 Å². The van der Waals surface area contributed by atoms with Gasteiger partial charge in [0.15, 0.2) is 0 Å². The summed E-state index contributed by atoms with van der Waals surface area (Å²) in [5, 5.41) is 0. The van der Waals surface area contributed by atoms with Crippen LogP contribution in [0.1, 0.15) is 27.2 Å². The topological polar surface area (TPSA) is 0 Å². The quantitative estimate of drug-likeness (QED) is 0.718. The van der Waals surface area contributed by atoms with Crippen molar-refractivity contribution in [3.63, 3.8) is 0 Å². The zero-order valence-corrected chi connectivity index (χ0v) is 13.2. The summed E-state index contributed by atoms with van der Waals surface area (Å²) >= 11 is 1.59. The van der Waals surface area contributed by atoms with E-state index in [9.17, 15) is 0 Å². The number of aryl methyl sites for hydroxylation is 1. The maximum absolute atomic E-state index is 2.37. The van der Waals surface area contributed by atoms with Crippen molar-refractivity contribution in [3.05, 3.63) is 64.7 Å². The zero-order chi connectivity index (χ0) is 12.7. The minimum atomic E-state index is 0.648. The molecule has 1 unspecified atom stereocenters. The molecule has 0 bridgehead atoms. The van der Waals surface area contributed by atoms with Gasteiger partial charge >= 0.3 is 124 Å². The van der Waals surface area contributed by atoms with E-state index in [0.29, 0.717) is 3.63 Å². The SMILES string of the molecule is CC1=Cc2c(-c3ccccc3)cc(C)cc2[CH]1[Zr]. The van der Waals surface area contributed by atoms with Crippen LogP contribution in [0.25, 0.3) is 17.2 Å². The van der Waals surface area contributed by atoms with Crippen molar-refractivity contribution in [2.75, 3.05) is 0 Å². The first-order chi connectivity index (χ1) is 8.66. The molecule has 0 saturated heterocycles. The molecule has 2 aromatic rings. The Labute approximate surface area is 124 Å². The van der Waals surface area contributed by atoms with Gasteiger partial charge in [0.1, 0.15) is 0 Å². The summed E-state index contributed by atoms with van der Waals surface area (Å²) in [6.07, 6.45) is 2.37. The van der Waals surface area contributed by atoms with Gasteiger partial charge in [0.25, 0.3) is 0 Å². The van der Waals surface area contributed by atoms with E-state index in [4.69, 9.17) is 0 Å². The molecule has 0 heterocycles. The molecule has 1 aliphatic carbocycles. The molecule has 87 valence electrons. The molecular weight excluding hydrogens is 295 g/mol. The van der Waals surface area contributed by atoms with E-state index in [1.54, 1.807) is 24.7 Å². The molecule has 0 amide bonds. The van der Waals surface area contributed by atoms with E-state index >= 15 is 0 Å². The number of benzene rings is 2. The minimum absolute atomic E-state index is 0.648. The summed E-state index contributed by atoms with van der Waals surface area (Å²) in [6.45, 7) is 4.45. The Hall–Kier alpha value is -0.937. The second-order valence-electron chi connectivity index (χ2n) is 5.00.